The average Bonchev–Trinajstić information content (AvgIpc) is 2.31. The van der Waals surface area contributed by atoms with Crippen LogP contribution in [-0.2, 0) is 4.79 Å². The lowest BCUT2D eigenvalue weighted by Gasteiger charge is -2.11. The van der Waals surface area contributed by atoms with Crippen LogP contribution in [0.5, 0.6) is 0 Å². The van der Waals surface area contributed by atoms with Crippen LogP contribution in [-0.4, -0.2) is 5.91 Å². The van der Waals surface area contributed by atoms with E-state index in [9.17, 15) is 4.79 Å². The molecule has 0 aromatic heterocycles. The molecule has 0 aliphatic carbocycles. The van der Waals surface area contributed by atoms with Crippen molar-refractivity contribution in [3.05, 3.63) is 41.5 Å². The van der Waals surface area contributed by atoms with Crippen molar-refractivity contribution in [3.8, 4) is 0 Å². The Morgan fingerprint density at radius 3 is 2.47 bits per heavy atom. The van der Waals surface area contributed by atoms with E-state index in [-0.39, 0.29) is 5.91 Å². The molecule has 0 saturated carbocycles. The normalized spacial score (nSPS) is 11.8. The summed E-state index contributed by atoms with van der Waals surface area (Å²) in [5.74, 6) is 0.523. The minimum Gasteiger partial charge on any atom is -0.326 e. The highest BCUT2D eigenvalue weighted by Gasteiger charge is 2.08. The summed E-state index contributed by atoms with van der Waals surface area (Å²) in [6.45, 7) is 8.38. The third kappa shape index (κ3) is 6.80. The Labute approximate surface area is 116 Å². The largest absolute Gasteiger partial charge is 0.326 e. The number of hydrogen-bond donors (Lipinski definition) is 1. The summed E-state index contributed by atoms with van der Waals surface area (Å²) in [4.78, 5) is 11.9. The molecule has 1 aromatic rings. The first kappa shape index (κ1) is 15.5. The van der Waals surface area contributed by atoms with Gasteiger partial charge in [0.2, 0.25) is 5.91 Å². The smallest absolute Gasteiger partial charge is 0.224 e. The molecule has 1 rings (SSSR count). The molecule has 1 N–H and O–H groups in total. The molecule has 0 radical (unpaired) electrons. The number of anilines is 1. The average molecular weight is 259 g/mol. The van der Waals surface area contributed by atoms with E-state index >= 15 is 0 Å². The van der Waals surface area contributed by atoms with Gasteiger partial charge in [-0.3, -0.25) is 4.79 Å². The summed E-state index contributed by atoms with van der Waals surface area (Å²) < 4.78 is 0. The first-order valence-corrected chi connectivity index (χ1v) is 6.97. The summed E-state index contributed by atoms with van der Waals surface area (Å²) in [5, 5.41) is 2.94. The van der Waals surface area contributed by atoms with Crippen molar-refractivity contribution >= 4 is 11.6 Å². The fourth-order valence-electron chi connectivity index (χ4n) is 1.92. The third-order valence-corrected chi connectivity index (χ3v) is 3.08. The second-order valence-electron chi connectivity index (χ2n) is 5.58. The molecule has 0 saturated heterocycles. The fraction of sp³-hybridized carbons (Fsp3) is 0.471. The number of allylic oxidation sites excluding steroid dienone is 2. The van der Waals surface area contributed by atoms with Crippen molar-refractivity contribution in [3.63, 3.8) is 0 Å². The number of hydrogen-bond acceptors (Lipinski definition) is 1. The highest BCUT2D eigenvalue weighted by Crippen LogP contribution is 2.14. The van der Waals surface area contributed by atoms with Crippen molar-refractivity contribution in [2.24, 2.45) is 5.92 Å². The lowest BCUT2D eigenvalue weighted by Crippen LogP contribution is -2.15. The Balaban J connectivity index is 2.34. The van der Waals surface area contributed by atoms with Gasteiger partial charge in [-0.1, -0.05) is 36.3 Å². The molecule has 0 spiro atoms. The van der Waals surface area contributed by atoms with Crippen LogP contribution in [0.4, 0.5) is 5.69 Å². The Morgan fingerprint density at radius 1 is 1.26 bits per heavy atom. The molecule has 0 fully saturated rings. The number of benzene rings is 1. The summed E-state index contributed by atoms with van der Waals surface area (Å²) in [5.41, 5.74) is 3.43. The van der Waals surface area contributed by atoms with E-state index in [1.165, 1.54) is 11.1 Å². The molecule has 0 bridgehead atoms. The summed E-state index contributed by atoms with van der Waals surface area (Å²) >= 11 is 0. The molecule has 0 aliphatic rings. The fourth-order valence-corrected chi connectivity index (χ4v) is 1.92. The number of rotatable bonds is 6. The molecule has 0 heterocycles. The lowest BCUT2D eigenvalue weighted by molar-refractivity contribution is -0.117. The van der Waals surface area contributed by atoms with Crippen molar-refractivity contribution in [2.45, 2.75) is 47.0 Å². The van der Waals surface area contributed by atoms with Gasteiger partial charge >= 0.3 is 0 Å². The number of carbonyl (C=O) groups is 1. The molecular weight excluding hydrogens is 234 g/mol. The van der Waals surface area contributed by atoms with Crippen LogP contribution >= 0.6 is 0 Å². The van der Waals surface area contributed by atoms with Crippen LogP contribution in [0.15, 0.2) is 35.9 Å². The minimum absolute atomic E-state index is 0.105. The molecule has 1 atom stereocenters. The lowest BCUT2D eigenvalue weighted by atomic mass is 10.0. The topological polar surface area (TPSA) is 29.1 Å². The molecule has 1 amide bonds. The molecule has 2 nitrogen and oxygen atoms in total. The van der Waals surface area contributed by atoms with Crippen LogP contribution in [0.3, 0.4) is 0 Å². The van der Waals surface area contributed by atoms with Crippen LogP contribution in [0.2, 0.25) is 0 Å². The maximum atomic E-state index is 11.9. The first-order valence-electron chi connectivity index (χ1n) is 6.97. The highest BCUT2D eigenvalue weighted by atomic mass is 16.1. The molecule has 104 valence electrons. The van der Waals surface area contributed by atoms with E-state index in [4.69, 9.17) is 0 Å². The molecule has 0 aliphatic heterocycles. The molecule has 19 heavy (non-hydrogen) atoms. The standard InChI is InChI=1S/C17H25NO/c1-13(2)6-5-7-15(4)12-17(19)18-16-10-8-14(3)9-11-16/h6,8-11,15H,5,7,12H2,1-4H3,(H,18,19). The van der Waals surface area contributed by atoms with Gasteiger partial charge in [-0.15, -0.1) is 0 Å². The molecule has 1 aromatic carbocycles. The Bertz CT molecular complexity index is 427. The van der Waals surface area contributed by atoms with E-state index in [1.807, 2.05) is 31.2 Å². The molecular formula is C17H25NO. The van der Waals surface area contributed by atoms with Gasteiger partial charge in [-0.25, -0.2) is 0 Å². The number of amides is 1. The zero-order chi connectivity index (χ0) is 14.3. The summed E-state index contributed by atoms with van der Waals surface area (Å²) in [7, 11) is 0. The van der Waals surface area contributed by atoms with Gasteiger partial charge in [0.15, 0.2) is 0 Å². The number of carbonyl (C=O) groups excluding carboxylic acids is 1. The number of aryl methyl sites for hydroxylation is 1. The predicted octanol–water partition coefficient (Wildman–Crippen LogP) is 4.71. The van der Waals surface area contributed by atoms with Gasteiger partial charge in [0.1, 0.15) is 0 Å². The van der Waals surface area contributed by atoms with Crippen LogP contribution in [0.1, 0.15) is 45.6 Å². The van der Waals surface area contributed by atoms with E-state index < -0.39 is 0 Å². The monoisotopic (exact) mass is 259 g/mol. The molecule has 2 heteroatoms. The van der Waals surface area contributed by atoms with Gasteiger partial charge in [0.25, 0.3) is 0 Å². The van der Waals surface area contributed by atoms with E-state index in [1.54, 1.807) is 0 Å². The van der Waals surface area contributed by atoms with Crippen molar-refractivity contribution in [2.75, 3.05) is 5.32 Å². The maximum absolute atomic E-state index is 11.9. The maximum Gasteiger partial charge on any atom is 0.224 e. The summed E-state index contributed by atoms with van der Waals surface area (Å²) in [6.07, 6.45) is 4.94. The Kier molecular flexibility index (Phi) is 6.34. The zero-order valence-electron chi connectivity index (χ0n) is 12.5. The van der Waals surface area contributed by atoms with Gasteiger partial charge in [0.05, 0.1) is 0 Å². The van der Waals surface area contributed by atoms with E-state index in [2.05, 4.69) is 32.2 Å². The SMILES string of the molecule is CC(C)=CCCC(C)CC(=O)Nc1ccc(C)cc1. The van der Waals surface area contributed by atoms with Crippen molar-refractivity contribution in [1.82, 2.24) is 0 Å². The second kappa shape index (κ2) is 7.78. The first-order chi connectivity index (χ1) is 8.97. The van der Waals surface area contributed by atoms with Crippen molar-refractivity contribution < 1.29 is 4.79 Å². The van der Waals surface area contributed by atoms with E-state index in [0.29, 0.717) is 12.3 Å². The predicted molar refractivity (Wildman–Crippen MR) is 82.3 cm³/mol. The van der Waals surface area contributed by atoms with Crippen LogP contribution in [0.25, 0.3) is 0 Å². The van der Waals surface area contributed by atoms with Gasteiger partial charge in [0, 0.05) is 12.1 Å². The Morgan fingerprint density at radius 2 is 1.89 bits per heavy atom. The molecule has 1 unspecified atom stereocenters. The van der Waals surface area contributed by atoms with Gasteiger partial charge in [-0.2, -0.15) is 0 Å². The minimum atomic E-state index is 0.105. The van der Waals surface area contributed by atoms with Crippen LogP contribution < -0.4 is 5.32 Å². The van der Waals surface area contributed by atoms with Gasteiger partial charge in [-0.05, 0) is 51.7 Å². The summed E-state index contributed by atoms with van der Waals surface area (Å²) in [6, 6.07) is 7.91. The van der Waals surface area contributed by atoms with Gasteiger partial charge < -0.3 is 5.32 Å². The van der Waals surface area contributed by atoms with Crippen LogP contribution in [0, 0.1) is 12.8 Å². The quantitative estimate of drug-likeness (QED) is 0.737. The second-order valence-corrected chi connectivity index (χ2v) is 5.58. The van der Waals surface area contributed by atoms with E-state index in [0.717, 1.165) is 18.5 Å². The van der Waals surface area contributed by atoms with Crippen molar-refractivity contribution in [1.29, 1.82) is 0 Å². The highest BCUT2D eigenvalue weighted by molar-refractivity contribution is 5.90. The number of nitrogens with one attached hydrogen (secondary N) is 1. The Hall–Kier alpha value is -1.57. The zero-order valence-corrected chi connectivity index (χ0v) is 12.5. The third-order valence-electron chi connectivity index (χ3n) is 3.08.